The highest BCUT2D eigenvalue weighted by Gasteiger charge is 2.39. The molecule has 0 spiro atoms. The number of amides is 1. The maximum Gasteiger partial charge on any atom is 0.325 e. The molecule has 6 heteroatoms. The lowest BCUT2D eigenvalue weighted by atomic mass is 10.0. The van der Waals surface area contributed by atoms with Gasteiger partial charge in [-0.2, -0.15) is 5.10 Å². The molecule has 1 heterocycles. The largest absolute Gasteiger partial charge is 0.459 e. The normalized spacial score (nSPS) is 17.3. The zero-order valence-corrected chi connectivity index (χ0v) is 18.1. The summed E-state index contributed by atoms with van der Waals surface area (Å²) >= 11 is 0. The lowest BCUT2D eigenvalue weighted by molar-refractivity contribution is -0.145. The van der Waals surface area contributed by atoms with Gasteiger partial charge in [0.2, 0.25) is 5.91 Å². The second-order valence-electron chi connectivity index (χ2n) is 8.28. The number of aryl methyl sites for hydroxylation is 2. The summed E-state index contributed by atoms with van der Waals surface area (Å²) < 4.78 is 7.26. The minimum Gasteiger partial charge on any atom is -0.459 e. The van der Waals surface area contributed by atoms with Crippen LogP contribution >= 0.6 is 0 Å². The van der Waals surface area contributed by atoms with Crippen LogP contribution in [0.15, 0.2) is 54.7 Å². The van der Waals surface area contributed by atoms with E-state index in [1.165, 1.54) is 11.1 Å². The number of nitrogens with one attached hydrogen (secondary N) is 1. The van der Waals surface area contributed by atoms with Gasteiger partial charge in [0.05, 0.1) is 11.4 Å². The molecule has 4 rings (SSSR count). The van der Waals surface area contributed by atoms with Crippen LogP contribution in [0.25, 0.3) is 16.9 Å². The Morgan fingerprint density at radius 1 is 1.13 bits per heavy atom. The van der Waals surface area contributed by atoms with Gasteiger partial charge >= 0.3 is 5.97 Å². The molecule has 1 aliphatic rings. The Balaban J connectivity index is 1.51. The minimum absolute atomic E-state index is 0.0354. The van der Waals surface area contributed by atoms with E-state index in [0.717, 1.165) is 28.9 Å². The lowest BCUT2D eigenvalue weighted by Gasteiger charge is -2.08. The van der Waals surface area contributed by atoms with Crippen molar-refractivity contribution in [2.75, 3.05) is 6.54 Å². The molecule has 1 saturated carbocycles. The topological polar surface area (TPSA) is 73.2 Å². The molecule has 1 fully saturated rings. The van der Waals surface area contributed by atoms with Crippen LogP contribution in [-0.4, -0.2) is 28.2 Å². The number of para-hydroxylation sites is 1. The average Bonchev–Trinajstić information content (AvgIpc) is 3.35. The molecular weight excluding hydrogens is 390 g/mol. The maximum atomic E-state index is 12.2. The Labute approximate surface area is 182 Å². The van der Waals surface area contributed by atoms with Crippen molar-refractivity contribution in [1.29, 1.82) is 0 Å². The van der Waals surface area contributed by atoms with Crippen molar-refractivity contribution in [1.82, 2.24) is 15.1 Å². The molecule has 1 aromatic heterocycles. The fourth-order valence-corrected chi connectivity index (χ4v) is 3.55. The van der Waals surface area contributed by atoms with E-state index in [1.54, 1.807) is 4.68 Å². The molecule has 2 atom stereocenters. The van der Waals surface area contributed by atoms with Crippen molar-refractivity contribution >= 4 is 11.9 Å². The molecule has 2 aromatic carbocycles. The van der Waals surface area contributed by atoms with Crippen molar-refractivity contribution in [3.05, 3.63) is 71.4 Å². The molecule has 0 saturated heterocycles. The van der Waals surface area contributed by atoms with Gasteiger partial charge in [0.1, 0.15) is 13.2 Å². The number of carbonyl (C=O) groups is 2. The second-order valence-corrected chi connectivity index (χ2v) is 8.28. The van der Waals surface area contributed by atoms with E-state index < -0.39 is 5.97 Å². The molecule has 3 aromatic rings. The Bertz CT molecular complexity index is 1100. The lowest BCUT2D eigenvalue weighted by Crippen LogP contribution is -2.32. The van der Waals surface area contributed by atoms with Crippen molar-refractivity contribution in [3.63, 3.8) is 0 Å². The zero-order valence-electron chi connectivity index (χ0n) is 18.1. The summed E-state index contributed by atoms with van der Waals surface area (Å²) in [5, 5.41) is 7.44. The first-order valence-electron chi connectivity index (χ1n) is 10.6. The van der Waals surface area contributed by atoms with E-state index in [2.05, 4.69) is 31.3 Å². The van der Waals surface area contributed by atoms with Crippen LogP contribution in [0, 0.1) is 25.7 Å². The first-order valence-corrected chi connectivity index (χ1v) is 10.6. The summed E-state index contributed by atoms with van der Waals surface area (Å²) in [6.07, 6.45) is 2.77. The smallest absolute Gasteiger partial charge is 0.325 e. The Kier molecular flexibility index (Phi) is 5.89. The third-order valence-electron chi connectivity index (χ3n) is 5.83. The molecule has 31 heavy (non-hydrogen) atoms. The van der Waals surface area contributed by atoms with E-state index in [1.807, 2.05) is 49.5 Å². The highest BCUT2D eigenvalue weighted by atomic mass is 16.5. The number of esters is 1. The molecule has 1 amide bonds. The number of benzene rings is 2. The van der Waals surface area contributed by atoms with Gasteiger partial charge in [-0.3, -0.25) is 9.59 Å². The molecule has 0 unspecified atom stereocenters. The SMILES string of the molecule is Cc1ccc(-c2nn(-c3ccccc3)cc2COC(=O)CNC(=O)[C@@H]2C[C@@H]2C)cc1C. The first kappa shape index (κ1) is 20.8. The number of nitrogens with zero attached hydrogens (tertiary/aromatic N) is 2. The van der Waals surface area contributed by atoms with E-state index in [4.69, 9.17) is 9.84 Å². The third kappa shape index (κ3) is 4.85. The van der Waals surface area contributed by atoms with Gasteiger partial charge in [-0.05, 0) is 55.5 Å². The monoisotopic (exact) mass is 417 g/mol. The molecule has 1 aliphatic carbocycles. The number of aromatic nitrogens is 2. The maximum absolute atomic E-state index is 12.2. The van der Waals surface area contributed by atoms with E-state index in [0.29, 0.717) is 5.92 Å². The van der Waals surface area contributed by atoms with Crippen LogP contribution in [0.3, 0.4) is 0 Å². The molecule has 0 aliphatic heterocycles. The predicted octanol–water partition coefficient (Wildman–Crippen LogP) is 3.97. The first-order chi connectivity index (χ1) is 14.9. The summed E-state index contributed by atoms with van der Waals surface area (Å²) in [4.78, 5) is 24.1. The summed E-state index contributed by atoms with van der Waals surface area (Å²) in [5.74, 6) is -0.0917. The predicted molar refractivity (Wildman–Crippen MR) is 119 cm³/mol. The van der Waals surface area contributed by atoms with Crippen LogP contribution in [0.5, 0.6) is 0 Å². The van der Waals surface area contributed by atoms with Crippen molar-refractivity contribution < 1.29 is 14.3 Å². The van der Waals surface area contributed by atoms with Crippen LogP contribution in [0.4, 0.5) is 0 Å². The average molecular weight is 418 g/mol. The summed E-state index contributed by atoms with van der Waals surface area (Å²) in [6.45, 7) is 6.13. The summed E-state index contributed by atoms with van der Waals surface area (Å²) in [6, 6.07) is 16.0. The quantitative estimate of drug-likeness (QED) is 0.591. The highest BCUT2D eigenvalue weighted by molar-refractivity contribution is 5.85. The van der Waals surface area contributed by atoms with Crippen LogP contribution < -0.4 is 5.32 Å². The Hall–Kier alpha value is -3.41. The van der Waals surface area contributed by atoms with Crippen molar-refractivity contribution in [2.45, 2.75) is 33.8 Å². The Morgan fingerprint density at radius 3 is 2.55 bits per heavy atom. The van der Waals surface area contributed by atoms with Crippen molar-refractivity contribution in [2.24, 2.45) is 11.8 Å². The fraction of sp³-hybridized carbons (Fsp3) is 0.320. The van der Waals surface area contributed by atoms with Crippen LogP contribution in [0.2, 0.25) is 0 Å². The number of hydrogen-bond donors (Lipinski definition) is 1. The van der Waals surface area contributed by atoms with Gasteiger partial charge in [0, 0.05) is 23.2 Å². The summed E-state index contributed by atoms with van der Waals surface area (Å²) in [7, 11) is 0. The number of ether oxygens (including phenoxy) is 1. The van der Waals surface area contributed by atoms with E-state index in [-0.39, 0.29) is 25.0 Å². The molecule has 0 bridgehead atoms. The van der Waals surface area contributed by atoms with Gasteiger partial charge < -0.3 is 10.1 Å². The van der Waals surface area contributed by atoms with Gasteiger partial charge in [-0.15, -0.1) is 0 Å². The molecule has 1 N–H and O–H groups in total. The van der Waals surface area contributed by atoms with Gasteiger partial charge in [-0.25, -0.2) is 4.68 Å². The summed E-state index contributed by atoms with van der Waals surface area (Å²) in [5.41, 5.74) is 5.86. The number of rotatable bonds is 7. The van der Waals surface area contributed by atoms with Gasteiger partial charge in [0.25, 0.3) is 0 Å². The molecule has 0 radical (unpaired) electrons. The zero-order chi connectivity index (χ0) is 22.0. The second kappa shape index (κ2) is 8.76. The van der Waals surface area contributed by atoms with Crippen LogP contribution in [0.1, 0.15) is 30.0 Å². The number of carbonyl (C=O) groups excluding carboxylic acids is 2. The fourth-order valence-electron chi connectivity index (χ4n) is 3.55. The third-order valence-corrected chi connectivity index (χ3v) is 5.83. The molecule has 160 valence electrons. The standard InChI is InChI=1S/C25H27N3O3/c1-16-9-10-19(11-17(16)2)24-20(14-28(27-24)21-7-5-4-6-8-21)15-31-23(29)13-26-25(30)22-12-18(22)3/h4-11,14,18,22H,12-13,15H2,1-3H3,(H,26,30)/t18-,22+/m0/s1. The van der Waals surface area contributed by atoms with Gasteiger partial charge in [-0.1, -0.05) is 37.3 Å². The highest BCUT2D eigenvalue weighted by Crippen LogP contribution is 2.37. The van der Waals surface area contributed by atoms with E-state index >= 15 is 0 Å². The van der Waals surface area contributed by atoms with E-state index in [9.17, 15) is 9.59 Å². The number of hydrogen-bond acceptors (Lipinski definition) is 4. The molecular formula is C25H27N3O3. The molecule has 6 nitrogen and oxygen atoms in total. The minimum atomic E-state index is -0.458. The van der Waals surface area contributed by atoms with Gasteiger partial charge in [0.15, 0.2) is 0 Å². The Morgan fingerprint density at radius 2 is 1.87 bits per heavy atom. The van der Waals surface area contributed by atoms with Crippen molar-refractivity contribution in [3.8, 4) is 16.9 Å². The van der Waals surface area contributed by atoms with Crippen LogP contribution in [-0.2, 0) is 20.9 Å².